The van der Waals surface area contributed by atoms with Gasteiger partial charge in [0.15, 0.2) is 0 Å². The van der Waals surface area contributed by atoms with Crippen molar-refractivity contribution in [3.8, 4) is 5.75 Å². The number of nitrogens with one attached hydrogen (secondary N) is 1. The van der Waals surface area contributed by atoms with Crippen molar-refractivity contribution in [2.24, 2.45) is 5.10 Å². The predicted molar refractivity (Wildman–Crippen MR) is 77.7 cm³/mol. The third kappa shape index (κ3) is 5.34. The van der Waals surface area contributed by atoms with E-state index in [0.29, 0.717) is 11.3 Å². The van der Waals surface area contributed by atoms with Crippen LogP contribution in [0, 0.1) is 0 Å². The number of alkyl halides is 3. The first-order chi connectivity index (χ1) is 10.8. The summed E-state index contributed by atoms with van der Waals surface area (Å²) in [5.41, 5.74) is 3.97. The number of rotatable bonds is 5. The van der Waals surface area contributed by atoms with Gasteiger partial charge in [0.05, 0.1) is 17.5 Å². The van der Waals surface area contributed by atoms with Crippen molar-refractivity contribution >= 4 is 17.9 Å². The van der Waals surface area contributed by atoms with E-state index in [9.17, 15) is 18.0 Å². The third-order valence-corrected chi connectivity index (χ3v) is 2.65. The highest BCUT2D eigenvalue weighted by Crippen LogP contribution is 2.22. The third-order valence-electron chi connectivity index (χ3n) is 2.65. The van der Waals surface area contributed by atoms with Gasteiger partial charge in [-0.15, -0.1) is 13.2 Å². The highest BCUT2D eigenvalue weighted by molar-refractivity contribution is 5.88. The first-order valence-corrected chi connectivity index (χ1v) is 6.32. The molecule has 0 aromatic heterocycles. The summed E-state index contributed by atoms with van der Waals surface area (Å²) >= 11 is 0. The molecule has 0 amide bonds. The molecule has 0 spiro atoms. The van der Waals surface area contributed by atoms with Crippen molar-refractivity contribution in [2.75, 3.05) is 5.43 Å². The Morgan fingerprint density at radius 2 is 1.70 bits per heavy atom. The van der Waals surface area contributed by atoms with E-state index in [4.69, 9.17) is 5.11 Å². The Bertz CT molecular complexity index is 695. The fourth-order valence-corrected chi connectivity index (χ4v) is 1.62. The molecule has 2 N–H and O–H groups in total. The van der Waals surface area contributed by atoms with Gasteiger partial charge in [0, 0.05) is 0 Å². The predicted octanol–water partition coefficient (Wildman–Crippen LogP) is 3.73. The van der Waals surface area contributed by atoms with Gasteiger partial charge in [-0.05, 0) is 54.1 Å². The molecule has 2 rings (SSSR count). The van der Waals surface area contributed by atoms with Crippen LogP contribution in [-0.4, -0.2) is 23.7 Å². The number of ether oxygens (including phenoxy) is 1. The molecule has 0 saturated heterocycles. The summed E-state index contributed by atoms with van der Waals surface area (Å²) in [7, 11) is 0. The van der Waals surface area contributed by atoms with Gasteiger partial charge in [-0.1, -0.05) is 0 Å². The number of nitrogens with zero attached hydrogens (tertiary/aromatic N) is 1. The van der Waals surface area contributed by atoms with E-state index in [-0.39, 0.29) is 11.3 Å². The number of carboxylic acids is 1. The molecule has 0 fully saturated rings. The molecule has 0 atom stereocenters. The van der Waals surface area contributed by atoms with Crippen LogP contribution in [0.25, 0.3) is 0 Å². The number of benzene rings is 2. The molecule has 0 aliphatic heterocycles. The number of halogens is 3. The van der Waals surface area contributed by atoms with E-state index in [2.05, 4.69) is 15.3 Å². The van der Waals surface area contributed by atoms with Crippen LogP contribution in [0.15, 0.2) is 53.6 Å². The summed E-state index contributed by atoms with van der Waals surface area (Å²) in [6.45, 7) is 0. The number of carboxylic acid groups (broad SMARTS) is 1. The first kappa shape index (κ1) is 16.3. The number of hydrazone groups is 1. The molecular weight excluding hydrogens is 313 g/mol. The Balaban J connectivity index is 1.94. The Hall–Kier alpha value is -3.03. The second kappa shape index (κ2) is 6.82. The van der Waals surface area contributed by atoms with Crippen molar-refractivity contribution in [1.82, 2.24) is 0 Å². The van der Waals surface area contributed by atoms with Crippen molar-refractivity contribution < 1.29 is 27.8 Å². The van der Waals surface area contributed by atoms with E-state index in [1.807, 2.05) is 0 Å². The van der Waals surface area contributed by atoms with E-state index in [1.165, 1.54) is 42.6 Å². The highest BCUT2D eigenvalue weighted by atomic mass is 19.4. The standard InChI is InChI=1S/C15H11F3N2O3/c16-15(17,18)23-13-7-1-10(2-8-13)9-19-20-12-5-3-11(4-6-12)14(21)22/h1-9,20H,(H,21,22). The summed E-state index contributed by atoms with van der Waals surface area (Å²) < 4.78 is 39.8. The quantitative estimate of drug-likeness (QED) is 0.649. The van der Waals surface area contributed by atoms with Crippen molar-refractivity contribution in [3.63, 3.8) is 0 Å². The summed E-state index contributed by atoms with van der Waals surface area (Å²) in [4.78, 5) is 10.7. The molecule has 0 unspecified atom stereocenters. The minimum atomic E-state index is -4.72. The van der Waals surface area contributed by atoms with Gasteiger partial charge in [0.2, 0.25) is 0 Å². The second-order valence-electron chi connectivity index (χ2n) is 4.37. The SMILES string of the molecule is O=C(O)c1ccc(NN=Cc2ccc(OC(F)(F)F)cc2)cc1. The number of anilines is 1. The molecule has 5 nitrogen and oxygen atoms in total. The molecule has 0 bridgehead atoms. The van der Waals surface area contributed by atoms with E-state index in [1.54, 1.807) is 12.1 Å². The Labute approximate surface area is 129 Å². The summed E-state index contributed by atoms with van der Waals surface area (Å²) in [6.07, 6.45) is -3.32. The topological polar surface area (TPSA) is 70.9 Å². The van der Waals surface area contributed by atoms with Crippen LogP contribution in [0.4, 0.5) is 18.9 Å². The maximum atomic E-state index is 12.0. The second-order valence-corrected chi connectivity index (χ2v) is 4.37. The van der Waals surface area contributed by atoms with Crippen molar-refractivity contribution in [2.45, 2.75) is 6.36 Å². The fourth-order valence-electron chi connectivity index (χ4n) is 1.62. The summed E-state index contributed by atoms with van der Waals surface area (Å²) in [5.74, 6) is -1.34. The molecule has 0 radical (unpaired) electrons. The van der Waals surface area contributed by atoms with Gasteiger partial charge in [-0.2, -0.15) is 5.10 Å². The molecule has 0 aliphatic carbocycles. The maximum Gasteiger partial charge on any atom is 0.573 e. The molecule has 2 aromatic rings. The minimum absolute atomic E-state index is 0.153. The van der Waals surface area contributed by atoms with E-state index in [0.717, 1.165) is 0 Å². The first-order valence-electron chi connectivity index (χ1n) is 6.32. The average molecular weight is 324 g/mol. The van der Waals surface area contributed by atoms with E-state index >= 15 is 0 Å². The normalized spacial score (nSPS) is 11.4. The van der Waals surface area contributed by atoms with Crippen LogP contribution in [-0.2, 0) is 0 Å². The van der Waals surface area contributed by atoms with Gasteiger partial charge in [0.1, 0.15) is 5.75 Å². The van der Waals surface area contributed by atoms with Crippen molar-refractivity contribution in [3.05, 3.63) is 59.7 Å². The molecule has 0 heterocycles. The summed E-state index contributed by atoms with van der Waals surface area (Å²) in [6, 6.07) is 11.1. The zero-order valence-electron chi connectivity index (χ0n) is 11.5. The lowest BCUT2D eigenvalue weighted by atomic mass is 10.2. The number of hydrogen-bond donors (Lipinski definition) is 2. The number of carbonyl (C=O) groups is 1. The Morgan fingerprint density at radius 3 is 2.22 bits per heavy atom. The van der Waals surface area contributed by atoms with Crippen LogP contribution in [0.1, 0.15) is 15.9 Å². The summed E-state index contributed by atoms with van der Waals surface area (Å²) in [5, 5.41) is 12.7. The van der Waals surface area contributed by atoms with Gasteiger partial charge in [0.25, 0.3) is 0 Å². The molecule has 8 heteroatoms. The number of aromatic carboxylic acids is 1. The molecular formula is C15H11F3N2O3. The minimum Gasteiger partial charge on any atom is -0.478 e. The molecule has 0 saturated carbocycles. The van der Waals surface area contributed by atoms with Crippen LogP contribution < -0.4 is 10.2 Å². The molecule has 120 valence electrons. The van der Waals surface area contributed by atoms with Crippen LogP contribution in [0.2, 0.25) is 0 Å². The maximum absolute atomic E-state index is 12.0. The zero-order chi connectivity index (χ0) is 16.9. The lowest BCUT2D eigenvalue weighted by molar-refractivity contribution is -0.274. The molecule has 23 heavy (non-hydrogen) atoms. The smallest absolute Gasteiger partial charge is 0.478 e. The number of hydrogen-bond acceptors (Lipinski definition) is 4. The lowest BCUT2D eigenvalue weighted by Gasteiger charge is -2.08. The van der Waals surface area contributed by atoms with Crippen LogP contribution in [0.5, 0.6) is 5.75 Å². The van der Waals surface area contributed by atoms with Crippen LogP contribution >= 0.6 is 0 Å². The Kier molecular flexibility index (Phi) is 4.85. The zero-order valence-corrected chi connectivity index (χ0v) is 11.5. The van der Waals surface area contributed by atoms with Crippen molar-refractivity contribution in [1.29, 1.82) is 0 Å². The fraction of sp³-hybridized carbons (Fsp3) is 0.0667. The van der Waals surface area contributed by atoms with Crippen LogP contribution in [0.3, 0.4) is 0 Å². The van der Waals surface area contributed by atoms with Gasteiger partial charge < -0.3 is 9.84 Å². The lowest BCUT2D eigenvalue weighted by Crippen LogP contribution is -2.17. The molecule has 0 aliphatic rings. The Morgan fingerprint density at radius 1 is 1.09 bits per heavy atom. The monoisotopic (exact) mass is 324 g/mol. The molecule has 2 aromatic carbocycles. The van der Waals surface area contributed by atoms with Gasteiger partial charge in [-0.3, -0.25) is 5.43 Å². The van der Waals surface area contributed by atoms with Gasteiger partial charge >= 0.3 is 12.3 Å². The largest absolute Gasteiger partial charge is 0.573 e. The van der Waals surface area contributed by atoms with E-state index < -0.39 is 12.3 Å². The average Bonchev–Trinajstić information content (AvgIpc) is 2.48. The van der Waals surface area contributed by atoms with Gasteiger partial charge in [-0.25, -0.2) is 4.79 Å². The highest BCUT2D eigenvalue weighted by Gasteiger charge is 2.30.